The number of aryl methyl sites for hydroxylation is 1. The molecule has 2 aromatic rings. The van der Waals surface area contributed by atoms with Crippen LogP contribution in [-0.2, 0) is 12.6 Å². The zero-order chi connectivity index (χ0) is 15.3. The quantitative estimate of drug-likeness (QED) is 0.830. The number of benzene rings is 1. The molecule has 0 unspecified atom stereocenters. The maximum absolute atomic E-state index is 12.7. The van der Waals surface area contributed by atoms with Crippen molar-refractivity contribution >= 4 is 0 Å². The lowest BCUT2D eigenvalue weighted by Gasteiger charge is -2.06. The van der Waals surface area contributed by atoms with Crippen LogP contribution in [-0.4, -0.2) is 16.7 Å². The van der Waals surface area contributed by atoms with Crippen molar-refractivity contribution in [2.45, 2.75) is 31.9 Å². The van der Waals surface area contributed by atoms with E-state index in [0.717, 1.165) is 31.4 Å². The molecule has 21 heavy (non-hydrogen) atoms. The summed E-state index contributed by atoms with van der Waals surface area (Å²) in [7, 11) is 0. The van der Waals surface area contributed by atoms with E-state index in [1.807, 2.05) is 0 Å². The Morgan fingerprint density at radius 1 is 1.14 bits per heavy atom. The Kier molecular flexibility index (Phi) is 4.95. The molecule has 7 heteroatoms. The summed E-state index contributed by atoms with van der Waals surface area (Å²) in [6, 6.07) is 4.88. The van der Waals surface area contributed by atoms with Gasteiger partial charge in [-0.25, -0.2) is 0 Å². The number of hydrogen-bond acceptors (Lipinski definition) is 4. The van der Waals surface area contributed by atoms with Crippen LogP contribution >= 0.6 is 0 Å². The second-order valence-electron chi connectivity index (χ2n) is 4.69. The second-order valence-corrected chi connectivity index (χ2v) is 4.69. The summed E-state index contributed by atoms with van der Waals surface area (Å²) in [5, 5.41) is 3.73. The summed E-state index contributed by atoms with van der Waals surface area (Å²) in [5.41, 5.74) is 4.96. The van der Waals surface area contributed by atoms with E-state index in [1.54, 1.807) is 0 Å². The molecule has 0 amide bonds. The minimum absolute atomic E-state index is 0.176. The number of rotatable bonds is 6. The van der Waals surface area contributed by atoms with Crippen LogP contribution < -0.4 is 5.73 Å². The van der Waals surface area contributed by atoms with Gasteiger partial charge in [0.05, 0.1) is 5.56 Å². The molecule has 0 fully saturated rings. The number of alkyl halides is 3. The zero-order valence-electron chi connectivity index (χ0n) is 11.4. The third kappa shape index (κ3) is 4.29. The molecule has 2 N–H and O–H groups in total. The van der Waals surface area contributed by atoms with Gasteiger partial charge in [-0.3, -0.25) is 0 Å². The van der Waals surface area contributed by atoms with E-state index in [-0.39, 0.29) is 5.82 Å². The topological polar surface area (TPSA) is 64.9 Å². The Morgan fingerprint density at radius 2 is 1.95 bits per heavy atom. The first-order valence-electron chi connectivity index (χ1n) is 6.71. The summed E-state index contributed by atoms with van der Waals surface area (Å²) in [6.07, 6.45) is -1.04. The van der Waals surface area contributed by atoms with Gasteiger partial charge in [0.1, 0.15) is 0 Å². The lowest BCUT2D eigenvalue weighted by atomic mass is 10.1. The molecule has 1 aromatic heterocycles. The van der Waals surface area contributed by atoms with Crippen LogP contribution in [0.5, 0.6) is 0 Å². The third-order valence-electron chi connectivity index (χ3n) is 3.01. The molecule has 0 bridgehead atoms. The van der Waals surface area contributed by atoms with Crippen LogP contribution in [0.3, 0.4) is 0 Å². The molecule has 0 atom stereocenters. The zero-order valence-corrected chi connectivity index (χ0v) is 11.4. The fraction of sp³-hybridized carbons (Fsp3) is 0.429. The summed E-state index contributed by atoms with van der Waals surface area (Å²) in [6.45, 7) is 0.638. The number of halogens is 3. The van der Waals surface area contributed by atoms with E-state index in [2.05, 4.69) is 10.1 Å². The maximum atomic E-state index is 12.7. The minimum Gasteiger partial charge on any atom is -0.339 e. The highest BCUT2D eigenvalue weighted by molar-refractivity contribution is 5.55. The molecule has 1 heterocycles. The molecule has 0 radical (unpaired) electrons. The van der Waals surface area contributed by atoms with Crippen LogP contribution in [0.15, 0.2) is 28.8 Å². The molecule has 0 saturated carbocycles. The number of nitrogens with zero attached hydrogens (tertiary/aromatic N) is 2. The highest BCUT2D eigenvalue weighted by Crippen LogP contribution is 2.31. The number of aromatic nitrogens is 2. The van der Waals surface area contributed by atoms with Crippen LogP contribution in [0, 0.1) is 0 Å². The summed E-state index contributed by atoms with van der Waals surface area (Å²) in [4.78, 5) is 4.12. The molecule has 0 spiro atoms. The molecular formula is C14H16F3N3O. The van der Waals surface area contributed by atoms with E-state index >= 15 is 0 Å². The van der Waals surface area contributed by atoms with Crippen molar-refractivity contribution in [3.05, 3.63) is 35.7 Å². The Hall–Kier alpha value is -1.89. The van der Waals surface area contributed by atoms with Crippen LogP contribution in [0.25, 0.3) is 11.4 Å². The van der Waals surface area contributed by atoms with Gasteiger partial charge in [-0.1, -0.05) is 23.7 Å². The molecule has 2 rings (SSSR count). The van der Waals surface area contributed by atoms with Gasteiger partial charge in [0.15, 0.2) is 0 Å². The Morgan fingerprint density at radius 3 is 2.67 bits per heavy atom. The molecule has 0 aliphatic heterocycles. The Labute approximate surface area is 120 Å². The van der Waals surface area contributed by atoms with E-state index in [9.17, 15) is 13.2 Å². The molecule has 114 valence electrons. The Bertz CT molecular complexity index is 581. The number of unbranched alkanes of at least 4 members (excludes halogenated alkanes) is 2. The maximum Gasteiger partial charge on any atom is 0.416 e. The van der Waals surface area contributed by atoms with Crippen molar-refractivity contribution in [1.29, 1.82) is 0 Å². The highest BCUT2D eigenvalue weighted by atomic mass is 19.4. The lowest BCUT2D eigenvalue weighted by molar-refractivity contribution is -0.137. The van der Waals surface area contributed by atoms with E-state index in [4.69, 9.17) is 10.3 Å². The second kappa shape index (κ2) is 6.71. The minimum atomic E-state index is -4.38. The van der Waals surface area contributed by atoms with Gasteiger partial charge in [0, 0.05) is 12.0 Å². The lowest BCUT2D eigenvalue weighted by Crippen LogP contribution is -2.04. The summed E-state index contributed by atoms with van der Waals surface area (Å²) in [5.74, 6) is 0.606. The van der Waals surface area contributed by atoms with Crippen molar-refractivity contribution in [2.75, 3.05) is 6.54 Å². The van der Waals surface area contributed by atoms with E-state index in [0.29, 0.717) is 24.4 Å². The van der Waals surface area contributed by atoms with Crippen molar-refractivity contribution in [3.63, 3.8) is 0 Å². The van der Waals surface area contributed by atoms with Crippen molar-refractivity contribution in [3.8, 4) is 11.4 Å². The monoisotopic (exact) mass is 299 g/mol. The van der Waals surface area contributed by atoms with Gasteiger partial charge >= 0.3 is 6.18 Å². The van der Waals surface area contributed by atoms with Gasteiger partial charge < -0.3 is 10.3 Å². The normalized spacial score (nSPS) is 11.8. The number of nitrogens with two attached hydrogens (primary N) is 1. The fourth-order valence-electron chi connectivity index (χ4n) is 1.91. The smallest absolute Gasteiger partial charge is 0.339 e. The molecule has 1 aromatic carbocycles. The van der Waals surface area contributed by atoms with Gasteiger partial charge in [-0.05, 0) is 31.5 Å². The predicted molar refractivity (Wildman–Crippen MR) is 71.3 cm³/mol. The van der Waals surface area contributed by atoms with Gasteiger partial charge in [-0.2, -0.15) is 18.2 Å². The fourth-order valence-corrected chi connectivity index (χ4v) is 1.91. The van der Waals surface area contributed by atoms with Crippen molar-refractivity contribution in [1.82, 2.24) is 10.1 Å². The molecule has 0 saturated heterocycles. The van der Waals surface area contributed by atoms with E-state index in [1.165, 1.54) is 12.1 Å². The first kappa shape index (κ1) is 15.5. The van der Waals surface area contributed by atoms with Gasteiger partial charge in [-0.15, -0.1) is 0 Å². The predicted octanol–water partition coefficient (Wildman–Crippen LogP) is 3.43. The van der Waals surface area contributed by atoms with Gasteiger partial charge in [0.25, 0.3) is 0 Å². The Balaban J connectivity index is 2.07. The highest BCUT2D eigenvalue weighted by Gasteiger charge is 2.30. The van der Waals surface area contributed by atoms with E-state index < -0.39 is 11.7 Å². The summed E-state index contributed by atoms with van der Waals surface area (Å²) < 4.78 is 43.0. The average molecular weight is 299 g/mol. The standard InChI is InChI=1S/C14H16F3N3O/c15-14(16,17)11-6-4-5-10(9-11)13-19-12(21-20-13)7-2-1-3-8-18/h4-6,9H,1-3,7-8,18H2. The van der Waals surface area contributed by atoms with Crippen LogP contribution in [0.2, 0.25) is 0 Å². The van der Waals surface area contributed by atoms with Gasteiger partial charge in [0.2, 0.25) is 11.7 Å². The van der Waals surface area contributed by atoms with Crippen LogP contribution in [0.4, 0.5) is 13.2 Å². The third-order valence-corrected chi connectivity index (χ3v) is 3.01. The average Bonchev–Trinajstić information content (AvgIpc) is 2.92. The molecular weight excluding hydrogens is 283 g/mol. The molecule has 4 nitrogen and oxygen atoms in total. The largest absolute Gasteiger partial charge is 0.416 e. The van der Waals surface area contributed by atoms with Crippen molar-refractivity contribution < 1.29 is 17.7 Å². The summed E-state index contributed by atoms with van der Waals surface area (Å²) >= 11 is 0. The first-order chi connectivity index (χ1) is 10.0. The van der Waals surface area contributed by atoms with Crippen molar-refractivity contribution in [2.24, 2.45) is 5.73 Å². The number of hydrogen-bond donors (Lipinski definition) is 1. The molecule has 0 aliphatic carbocycles. The first-order valence-corrected chi connectivity index (χ1v) is 6.71. The SMILES string of the molecule is NCCCCCc1nc(-c2cccc(C(F)(F)F)c2)no1. The van der Waals surface area contributed by atoms with Crippen LogP contribution in [0.1, 0.15) is 30.7 Å². The molecule has 0 aliphatic rings.